The Morgan fingerprint density at radius 3 is 1.80 bits per heavy atom. The Kier molecular flexibility index (Phi) is 5.03. The third-order valence-electron chi connectivity index (χ3n) is 3.08. The lowest BCUT2D eigenvalue weighted by Gasteiger charge is -2.17. The summed E-state index contributed by atoms with van der Waals surface area (Å²) >= 11 is 0. The SMILES string of the molecule is [2H]C([2H])([2H])Oc1c(Oc2ccc(OC(F)(F)F)c(F)c2C(=O)O)ccc(OC(F)(F)F)c1F. The van der Waals surface area contributed by atoms with E-state index in [4.69, 9.17) is 14.0 Å². The predicted octanol–water partition coefficient (Wildman–Crippen LogP) is 5.26. The highest BCUT2D eigenvalue weighted by Crippen LogP contribution is 2.42. The first-order valence-corrected chi connectivity index (χ1v) is 7.14. The predicted molar refractivity (Wildman–Crippen MR) is 79.8 cm³/mol. The molecule has 0 fully saturated rings. The molecule has 0 radical (unpaired) electrons. The molecule has 0 atom stereocenters. The lowest BCUT2D eigenvalue weighted by molar-refractivity contribution is -0.276. The topological polar surface area (TPSA) is 74.2 Å². The molecule has 0 aromatic heterocycles. The van der Waals surface area contributed by atoms with Crippen LogP contribution < -0.4 is 18.9 Å². The van der Waals surface area contributed by atoms with Gasteiger partial charge in [-0.2, -0.15) is 4.39 Å². The number of carboxylic acids is 1. The highest BCUT2D eigenvalue weighted by molar-refractivity contribution is 5.92. The van der Waals surface area contributed by atoms with E-state index in [9.17, 15) is 39.9 Å². The Morgan fingerprint density at radius 2 is 1.33 bits per heavy atom. The molecule has 164 valence electrons. The Hall–Kier alpha value is -3.45. The maximum absolute atomic E-state index is 14.5. The minimum absolute atomic E-state index is 0.284. The van der Waals surface area contributed by atoms with Crippen LogP contribution in [0.25, 0.3) is 0 Å². The molecule has 0 saturated carbocycles. The average molecular weight is 451 g/mol. The minimum Gasteiger partial charge on any atom is -0.490 e. The fourth-order valence-corrected chi connectivity index (χ4v) is 2.04. The Bertz CT molecular complexity index is 1050. The number of methoxy groups -OCH3 is 1. The molecule has 2 rings (SSSR count). The average Bonchev–Trinajstić information content (AvgIpc) is 2.59. The molecule has 0 aliphatic heterocycles. The van der Waals surface area contributed by atoms with E-state index in [-0.39, 0.29) is 6.07 Å². The van der Waals surface area contributed by atoms with Gasteiger partial charge in [-0.3, -0.25) is 0 Å². The fourth-order valence-electron chi connectivity index (χ4n) is 2.04. The molecule has 0 spiro atoms. The van der Waals surface area contributed by atoms with E-state index in [0.29, 0.717) is 18.2 Å². The lowest BCUT2D eigenvalue weighted by atomic mass is 10.1. The number of alkyl halides is 6. The molecule has 0 aliphatic carbocycles. The van der Waals surface area contributed by atoms with Gasteiger partial charge in [-0.05, 0) is 24.3 Å². The molecule has 0 aliphatic rings. The van der Waals surface area contributed by atoms with E-state index in [1.807, 2.05) is 0 Å². The van der Waals surface area contributed by atoms with Crippen LogP contribution in [0.1, 0.15) is 14.5 Å². The largest absolute Gasteiger partial charge is 0.573 e. The minimum atomic E-state index is -5.41. The number of hydrogen-bond donors (Lipinski definition) is 1. The van der Waals surface area contributed by atoms with Gasteiger partial charge in [-0.15, -0.1) is 26.3 Å². The summed E-state index contributed by atoms with van der Waals surface area (Å²) in [4.78, 5) is 11.3. The molecule has 2 aromatic rings. The van der Waals surface area contributed by atoms with Gasteiger partial charge in [0.05, 0.1) is 11.2 Å². The zero-order valence-corrected chi connectivity index (χ0v) is 13.8. The summed E-state index contributed by atoms with van der Waals surface area (Å²) < 4.78 is 140. The van der Waals surface area contributed by atoms with Crippen molar-refractivity contribution < 1.29 is 68.1 Å². The van der Waals surface area contributed by atoms with Gasteiger partial charge in [0.15, 0.2) is 23.1 Å². The van der Waals surface area contributed by atoms with E-state index >= 15 is 0 Å². The van der Waals surface area contributed by atoms with Gasteiger partial charge < -0.3 is 24.1 Å². The van der Waals surface area contributed by atoms with Crippen molar-refractivity contribution in [2.75, 3.05) is 7.04 Å². The summed E-state index contributed by atoms with van der Waals surface area (Å²) in [7, 11) is -3.47. The molecule has 0 saturated heterocycles. The Balaban J connectivity index is 2.60. The lowest BCUT2D eigenvalue weighted by Crippen LogP contribution is -2.19. The van der Waals surface area contributed by atoms with E-state index in [1.54, 1.807) is 0 Å². The smallest absolute Gasteiger partial charge is 0.490 e. The van der Waals surface area contributed by atoms with Crippen LogP contribution in [0.15, 0.2) is 24.3 Å². The van der Waals surface area contributed by atoms with Crippen LogP contribution >= 0.6 is 0 Å². The normalized spacial score (nSPS) is 13.7. The molecule has 30 heavy (non-hydrogen) atoms. The second kappa shape index (κ2) is 8.12. The van der Waals surface area contributed by atoms with Crippen LogP contribution in [0.5, 0.6) is 28.7 Å². The number of halogens is 8. The summed E-state index contributed by atoms with van der Waals surface area (Å²) in [5.74, 6) is -13.2. The van der Waals surface area contributed by atoms with Gasteiger partial charge in [0.1, 0.15) is 11.3 Å². The van der Waals surface area contributed by atoms with Crippen molar-refractivity contribution in [2.45, 2.75) is 12.7 Å². The van der Waals surface area contributed by atoms with Crippen molar-refractivity contribution in [2.24, 2.45) is 0 Å². The molecular weight excluding hydrogens is 440 g/mol. The third kappa shape index (κ3) is 5.33. The van der Waals surface area contributed by atoms with Gasteiger partial charge >= 0.3 is 18.7 Å². The summed E-state index contributed by atoms with van der Waals surface area (Å²) in [5, 5.41) is 9.13. The Labute approximate surface area is 165 Å². The van der Waals surface area contributed by atoms with Crippen molar-refractivity contribution in [1.82, 2.24) is 0 Å². The van der Waals surface area contributed by atoms with Crippen molar-refractivity contribution in [3.05, 3.63) is 41.5 Å². The molecule has 0 heterocycles. The Morgan fingerprint density at radius 1 is 0.867 bits per heavy atom. The van der Waals surface area contributed by atoms with Gasteiger partial charge in [-0.25, -0.2) is 9.18 Å². The number of hydrogen-bond acceptors (Lipinski definition) is 5. The summed E-state index contributed by atoms with van der Waals surface area (Å²) in [6.07, 6.45) is -10.8. The van der Waals surface area contributed by atoms with Gasteiger partial charge in [0.25, 0.3) is 0 Å². The number of ether oxygens (including phenoxy) is 4. The van der Waals surface area contributed by atoms with Gasteiger partial charge in [0, 0.05) is 0 Å². The van der Waals surface area contributed by atoms with Crippen LogP contribution in [0.3, 0.4) is 0 Å². The number of carboxylic acid groups (broad SMARTS) is 1. The zero-order chi connectivity index (χ0) is 25.4. The van der Waals surface area contributed by atoms with Crippen molar-refractivity contribution in [1.29, 1.82) is 0 Å². The van der Waals surface area contributed by atoms with Crippen LogP contribution in [-0.4, -0.2) is 30.8 Å². The van der Waals surface area contributed by atoms with Crippen molar-refractivity contribution in [3.63, 3.8) is 0 Å². The van der Waals surface area contributed by atoms with Crippen molar-refractivity contribution >= 4 is 5.97 Å². The van der Waals surface area contributed by atoms with E-state index in [2.05, 4.69) is 14.2 Å². The summed E-state index contributed by atoms with van der Waals surface area (Å²) in [5.41, 5.74) is -1.56. The molecule has 1 N–H and O–H groups in total. The molecule has 0 unspecified atom stereocenters. The van der Waals surface area contributed by atoms with Crippen LogP contribution in [0.2, 0.25) is 0 Å². The number of benzene rings is 2. The molecule has 0 amide bonds. The first kappa shape index (κ1) is 18.6. The second-order valence-electron chi connectivity index (χ2n) is 5.06. The summed E-state index contributed by atoms with van der Waals surface area (Å²) in [6, 6.07) is 1.47. The molecule has 14 heteroatoms. The van der Waals surface area contributed by atoms with Crippen LogP contribution in [0.4, 0.5) is 35.1 Å². The second-order valence-corrected chi connectivity index (χ2v) is 5.06. The fraction of sp³-hybridized carbons (Fsp3) is 0.188. The van der Waals surface area contributed by atoms with Crippen LogP contribution in [-0.2, 0) is 0 Å². The molecular formula is C16H8F8O6. The van der Waals surface area contributed by atoms with Gasteiger partial charge in [-0.1, -0.05) is 0 Å². The van der Waals surface area contributed by atoms with Crippen LogP contribution in [0, 0.1) is 11.6 Å². The number of aromatic carboxylic acids is 1. The highest BCUT2D eigenvalue weighted by Gasteiger charge is 2.35. The molecule has 0 bridgehead atoms. The molecule has 6 nitrogen and oxygen atoms in total. The number of carbonyl (C=O) groups is 1. The van der Waals surface area contributed by atoms with E-state index in [1.165, 1.54) is 0 Å². The maximum Gasteiger partial charge on any atom is 0.573 e. The quantitative estimate of drug-likeness (QED) is 0.604. The monoisotopic (exact) mass is 451 g/mol. The van der Waals surface area contributed by atoms with E-state index in [0.717, 1.165) is 0 Å². The standard InChI is InChI=1S/C16H8F8O6/c1-27-13-9(5-4-8(12(13)18)30-16(22,23)24)28-6-2-3-7(29-15(19,20)21)11(17)10(6)14(25)26/h2-5H,1H3,(H,25,26)/i1D3. The first-order chi connectivity index (χ1) is 14.9. The zero-order valence-electron chi connectivity index (χ0n) is 16.8. The van der Waals surface area contributed by atoms with Gasteiger partial charge in [0.2, 0.25) is 11.6 Å². The first-order valence-electron chi connectivity index (χ1n) is 8.64. The highest BCUT2D eigenvalue weighted by atomic mass is 19.4. The number of rotatable bonds is 6. The van der Waals surface area contributed by atoms with E-state index < -0.39 is 71.7 Å². The molecule has 2 aromatic carbocycles. The third-order valence-corrected chi connectivity index (χ3v) is 3.08. The maximum atomic E-state index is 14.5. The summed E-state index contributed by atoms with van der Waals surface area (Å²) in [6.45, 7) is 0. The van der Waals surface area contributed by atoms with Crippen molar-refractivity contribution in [3.8, 4) is 28.7 Å².